The number of fused-ring (bicyclic) bond motifs is 1. The fourth-order valence-electron chi connectivity index (χ4n) is 4.19. The van der Waals surface area contributed by atoms with Gasteiger partial charge in [0.1, 0.15) is 0 Å². The highest BCUT2D eigenvalue weighted by Crippen LogP contribution is 2.43. The monoisotopic (exact) mass is 389 g/mol. The maximum absolute atomic E-state index is 13.0. The molecule has 28 heavy (non-hydrogen) atoms. The first-order chi connectivity index (χ1) is 13.7. The van der Waals surface area contributed by atoms with Crippen LogP contribution in [-0.4, -0.2) is 41.3 Å². The van der Waals surface area contributed by atoms with Gasteiger partial charge in [-0.15, -0.1) is 0 Å². The van der Waals surface area contributed by atoms with Crippen LogP contribution < -0.4 is 4.90 Å². The third-order valence-electron chi connectivity index (χ3n) is 5.71. The first kappa shape index (κ1) is 17.1. The Morgan fingerprint density at radius 1 is 0.929 bits per heavy atom. The summed E-state index contributed by atoms with van der Waals surface area (Å²) in [6, 6.07) is 13.5. The van der Waals surface area contributed by atoms with Crippen molar-refractivity contribution in [1.82, 2.24) is 9.88 Å². The van der Waals surface area contributed by atoms with Crippen LogP contribution in [-0.2, 0) is 0 Å². The standard InChI is InChI=1S/C22H19N3O2S/c26-21(16-7-10-28-14-16)24-11-17(12-24)19-13-25(20-4-2-1-3-18(19)20)22(27)15-5-8-23-9-6-15/h1-10,14,17,19H,11-13H2/t19-/m0/s1. The molecule has 0 spiro atoms. The van der Waals surface area contributed by atoms with E-state index in [0.717, 1.165) is 24.3 Å². The molecule has 3 aromatic rings. The maximum Gasteiger partial charge on any atom is 0.258 e. The second-order valence-electron chi connectivity index (χ2n) is 7.30. The second-order valence-corrected chi connectivity index (χ2v) is 8.08. The smallest absolute Gasteiger partial charge is 0.258 e. The van der Waals surface area contributed by atoms with Gasteiger partial charge >= 0.3 is 0 Å². The molecule has 0 unspecified atom stereocenters. The van der Waals surface area contributed by atoms with E-state index >= 15 is 0 Å². The quantitative estimate of drug-likeness (QED) is 0.687. The Morgan fingerprint density at radius 3 is 2.46 bits per heavy atom. The predicted octanol–water partition coefficient (Wildman–Crippen LogP) is 3.66. The average Bonchev–Trinajstić information content (AvgIpc) is 3.36. The number of carbonyl (C=O) groups excluding carboxylic acids is 2. The lowest BCUT2D eigenvalue weighted by Gasteiger charge is -2.42. The van der Waals surface area contributed by atoms with Gasteiger partial charge in [0, 0.05) is 60.5 Å². The van der Waals surface area contributed by atoms with E-state index in [9.17, 15) is 9.59 Å². The van der Waals surface area contributed by atoms with E-state index in [4.69, 9.17) is 0 Å². The van der Waals surface area contributed by atoms with E-state index in [2.05, 4.69) is 11.1 Å². The van der Waals surface area contributed by atoms with Crippen molar-refractivity contribution in [2.45, 2.75) is 5.92 Å². The molecule has 1 fully saturated rings. The molecular formula is C22H19N3O2S. The zero-order chi connectivity index (χ0) is 19.1. The van der Waals surface area contributed by atoms with Crippen LogP contribution in [0.4, 0.5) is 5.69 Å². The van der Waals surface area contributed by atoms with Gasteiger partial charge in [0.25, 0.3) is 11.8 Å². The summed E-state index contributed by atoms with van der Waals surface area (Å²) in [5.41, 5.74) is 3.60. The molecule has 5 nitrogen and oxygen atoms in total. The maximum atomic E-state index is 13.0. The first-order valence-corrected chi connectivity index (χ1v) is 10.3. The van der Waals surface area contributed by atoms with Crippen LogP contribution >= 0.6 is 11.3 Å². The Kier molecular flexibility index (Phi) is 4.20. The molecule has 0 aliphatic carbocycles. The van der Waals surface area contributed by atoms with E-state index in [0.29, 0.717) is 18.0 Å². The number of thiophene rings is 1. The summed E-state index contributed by atoms with van der Waals surface area (Å²) in [7, 11) is 0. The van der Waals surface area contributed by atoms with Crippen molar-refractivity contribution in [2.24, 2.45) is 5.92 Å². The number of nitrogens with zero attached hydrogens (tertiary/aromatic N) is 3. The summed E-state index contributed by atoms with van der Waals surface area (Å²) in [6.45, 7) is 2.14. The van der Waals surface area contributed by atoms with Crippen molar-refractivity contribution < 1.29 is 9.59 Å². The Balaban J connectivity index is 1.35. The topological polar surface area (TPSA) is 53.5 Å². The largest absolute Gasteiger partial charge is 0.338 e. The molecule has 1 saturated heterocycles. The van der Waals surface area contributed by atoms with Gasteiger partial charge in [-0.1, -0.05) is 18.2 Å². The fraction of sp³-hybridized carbons (Fsp3) is 0.227. The van der Waals surface area contributed by atoms with E-state index in [1.54, 1.807) is 35.9 Å². The molecule has 6 heteroatoms. The number of aromatic nitrogens is 1. The number of pyridine rings is 1. The Bertz CT molecular complexity index is 1010. The van der Waals surface area contributed by atoms with Gasteiger partial charge in [0.15, 0.2) is 0 Å². The highest BCUT2D eigenvalue weighted by Gasteiger charge is 2.43. The lowest BCUT2D eigenvalue weighted by molar-refractivity contribution is 0.0455. The van der Waals surface area contributed by atoms with Crippen molar-refractivity contribution in [3.8, 4) is 0 Å². The molecule has 2 aromatic heterocycles. The average molecular weight is 389 g/mol. The van der Waals surface area contributed by atoms with Crippen LogP contribution in [0.15, 0.2) is 65.6 Å². The molecule has 0 radical (unpaired) electrons. The SMILES string of the molecule is O=C(c1ccsc1)N1CC([C@@H]2CN(C(=O)c3ccncc3)c3ccccc32)C1. The van der Waals surface area contributed by atoms with Crippen molar-refractivity contribution in [1.29, 1.82) is 0 Å². The first-order valence-electron chi connectivity index (χ1n) is 9.34. The van der Waals surface area contributed by atoms with Gasteiger partial charge in [0.05, 0.1) is 5.56 Å². The Hall–Kier alpha value is -2.99. The minimum Gasteiger partial charge on any atom is -0.338 e. The molecule has 140 valence electrons. The van der Waals surface area contributed by atoms with Gasteiger partial charge in [-0.25, -0.2) is 0 Å². The molecule has 0 N–H and O–H groups in total. The number of carbonyl (C=O) groups is 2. The van der Waals surface area contributed by atoms with Gasteiger partial charge in [-0.05, 0) is 35.2 Å². The van der Waals surface area contributed by atoms with E-state index in [1.807, 2.05) is 44.8 Å². The molecule has 2 aliphatic heterocycles. The summed E-state index contributed by atoms with van der Waals surface area (Å²) >= 11 is 1.54. The molecule has 2 aliphatic rings. The zero-order valence-corrected chi connectivity index (χ0v) is 16.0. The number of hydrogen-bond donors (Lipinski definition) is 0. The highest BCUT2D eigenvalue weighted by atomic mass is 32.1. The van der Waals surface area contributed by atoms with Crippen LogP contribution in [0, 0.1) is 5.92 Å². The number of hydrogen-bond acceptors (Lipinski definition) is 4. The van der Waals surface area contributed by atoms with Crippen LogP contribution in [0.2, 0.25) is 0 Å². The number of para-hydroxylation sites is 1. The van der Waals surface area contributed by atoms with Crippen molar-refractivity contribution >= 4 is 28.8 Å². The molecule has 1 atom stereocenters. The normalized spacial score (nSPS) is 18.6. The van der Waals surface area contributed by atoms with Crippen LogP contribution in [0.1, 0.15) is 32.2 Å². The summed E-state index contributed by atoms with van der Waals surface area (Å²) in [5.74, 6) is 0.740. The molecule has 1 aromatic carbocycles. The summed E-state index contributed by atoms with van der Waals surface area (Å²) in [4.78, 5) is 33.3. The number of anilines is 1. The Morgan fingerprint density at radius 2 is 1.71 bits per heavy atom. The molecule has 0 saturated carbocycles. The van der Waals surface area contributed by atoms with E-state index < -0.39 is 0 Å². The predicted molar refractivity (Wildman–Crippen MR) is 109 cm³/mol. The van der Waals surface area contributed by atoms with Crippen molar-refractivity contribution in [2.75, 3.05) is 24.5 Å². The number of rotatable bonds is 3. The van der Waals surface area contributed by atoms with Gasteiger partial charge in [-0.3, -0.25) is 14.6 Å². The minimum atomic E-state index is 0.00267. The fourth-order valence-corrected chi connectivity index (χ4v) is 4.82. The molecular weight excluding hydrogens is 370 g/mol. The molecule has 4 heterocycles. The minimum absolute atomic E-state index is 0.00267. The van der Waals surface area contributed by atoms with Crippen LogP contribution in [0.25, 0.3) is 0 Å². The van der Waals surface area contributed by atoms with E-state index in [-0.39, 0.29) is 17.7 Å². The summed E-state index contributed by atoms with van der Waals surface area (Å²) in [5, 5.41) is 3.83. The van der Waals surface area contributed by atoms with Gasteiger partial charge in [0.2, 0.25) is 0 Å². The lowest BCUT2D eigenvalue weighted by Crippen LogP contribution is -2.52. The molecule has 2 amide bonds. The lowest BCUT2D eigenvalue weighted by atomic mass is 9.82. The number of amides is 2. The zero-order valence-electron chi connectivity index (χ0n) is 15.2. The third-order valence-corrected chi connectivity index (χ3v) is 6.40. The van der Waals surface area contributed by atoms with Crippen molar-refractivity contribution in [3.63, 3.8) is 0 Å². The van der Waals surface area contributed by atoms with E-state index in [1.165, 1.54) is 5.56 Å². The van der Waals surface area contributed by atoms with Gasteiger partial charge in [-0.2, -0.15) is 11.3 Å². The van der Waals surface area contributed by atoms with Crippen LogP contribution in [0.5, 0.6) is 0 Å². The summed E-state index contributed by atoms with van der Waals surface area (Å²) in [6.07, 6.45) is 3.29. The van der Waals surface area contributed by atoms with Gasteiger partial charge < -0.3 is 9.80 Å². The summed E-state index contributed by atoms with van der Waals surface area (Å²) < 4.78 is 0. The Labute approximate surface area is 167 Å². The second kappa shape index (κ2) is 6.87. The molecule has 0 bridgehead atoms. The third kappa shape index (κ3) is 2.81. The number of benzene rings is 1. The van der Waals surface area contributed by atoms with Crippen LogP contribution in [0.3, 0.4) is 0 Å². The van der Waals surface area contributed by atoms with Crippen molar-refractivity contribution in [3.05, 3.63) is 82.3 Å². The molecule has 5 rings (SSSR count). The highest BCUT2D eigenvalue weighted by molar-refractivity contribution is 7.08. The number of likely N-dealkylation sites (tertiary alicyclic amines) is 1.